The first-order valence-corrected chi connectivity index (χ1v) is 14.4. The number of hydrogen-bond acceptors (Lipinski definition) is 7. The van der Waals surface area contributed by atoms with Crippen LogP contribution < -0.4 is 14.8 Å². The smallest absolute Gasteiger partial charge is 0.265 e. The Labute approximate surface area is 220 Å². The third kappa shape index (κ3) is 6.16. The summed E-state index contributed by atoms with van der Waals surface area (Å²) in [4.78, 5) is 21.8. The first-order valence-electron chi connectivity index (χ1n) is 11.8. The molecule has 1 fully saturated rings. The number of sulfonamides is 1. The number of thiazole rings is 1. The van der Waals surface area contributed by atoms with E-state index in [1.54, 1.807) is 31.2 Å². The Hall–Kier alpha value is -2.69. The van der Waals surface area contributed by atoms with E-state index in [9.17, 15) is 13.2 Å². The Morgan fingerprint density at radius 1 is 1.19 bits per heavy atom. The van der Waals surface area contributed by atoms with Crippen molar-refractivity contribution in [3.8, 4) is 16.2 Å². The number of nitrogens with one attached hydrogen (secondary N) is 2. The molecule has 0 saturated heterocycles. The van der Waals surface area contributed by atoms with Gasteiger partial charge in [-0.3, -0.25) is 9.52 Å². The molecule has 0 bridgehead atoms. The fourth-order valence-electron chi connectivity index (χ4n) is 4.39. The van der Waals surface area contributed by atoms with Crippen molar-refractivity contribution >= 4 is 49.7 Å². The molecule has 2 aromatic heterocycles. The molecule has 2 heterocycles. The molecule has 0 radical (unpaired) electrons. The van der Waals surface area contributed by atoms with Gasteiger partial charge in [-0.05, 0) is 68.0 Å². The molecule has 3 aromatic rings. The molecule has 36 heavy (non-hydrogen) atoms. The fourth-order valence-corrected chi connectivity index (χ4v) is 6.71. The fraction of sp³-hybridized carbons (Fsp3) is 0.400. The zero-order valence-corrected chi connectivity index (χ0v) is 22.8. The number of halogens is 1. The third-order valence-corrected chi connectivity index (χ3v) is 9.14. The normalized spacial score (nSPS) is 14.4. The number of hydrogen-bond donors (Lipinski definition) is 2. The van der Waals surface area contributed by atoms with E-state index in [-0.39, 0.29) is 16.6 Å². The number of rotatable bonds is 8. The highest BCUT2D eigenvalue weighted by Crippen LogP contribution is 2.37. The molecule has 192 valence electrons. The van der Waals surface area contributed by atoms with Gasteiger partial charge < -0.3 is 10.1 Å². The molecule has 1 aliphatic carbocycles. The second-order valence-corrected chi connectivity index (χ2v) is 12.0. The molecular weight excluding hydrogens is 520 g/mol. The summed E-state index contributed by atoms with van der Waals surface area (Å²) >= 11 is 7.28. The van der Waals surface area contributed by atoms with Crippen LogP contribution >= 0.6 is 22.9 Å². The Morgan fingerprint density at radius 3 is 2.64 bits per heavy atom. The molecule has 2 N–H and O–H groups in total. The SMILES string of the molecule is COc1ccc(-c2sc(NC(=O)CC3CCCCC3)nc2C)cc1S(=O)(=O)Nc1cnc(Cl)c(C)c1. The molecule has 1 aromatic carbocycles. The van der Waals surface area contributed by atoms with Crippen LogP contribution in [0.5, 0.6) is 5.75 Å². The lowest BCUT2D eigenvalue weighted by molar-refractivity contribution is -0.117. The number of aromatic nitrogens is 2. The van der Waals surface area contributed by atoms with Crippen LogP contribution in [0.25, 0.3) is 10.4 Å². The van der Waals surface area contributed by atoms with Gasteiger partial charge in [0, 0.05) is 6.42 Å². The minimum Gasteiger partial charge on any atom is -0.495 e. The summed E-state index contributed by atoms with van der Waals surface area (Å²) in [6, 6.07) is 6.54. The van der Waals surface area contributed by atoms with Crippen molar-refractivity contribution < 1.29 is 17.9 Å². The maximum Gasteiger partial charge on any atom is 0.265 e. The highest BCUT2D eigenvalue weighted by Gasteiger charge is 2.23. The zero-order valence-electron chi connectivity index (χ0n) is 20.4. The van der Waals surface area contributed by atoms with Crippen LogP contribution in [0.2, 0.25) is 5.15 Å². The van der Waals surface area contributed by atoms with Gasteiger partial charge in [-0.2, -0.15) is 0 Å². The Balaban J connectivity index is 1.57. The Morgan fingerprint density at radius 2 is 1.94 bits per heavy atom. The summed E-state index contributed by atoms with van der Waals surface area (Å²) in [5, 5.41) is 3.74. The van der Waals surface area contributed by atoms with Crippen molar-refractivity contribution in [1.29, 1.82) is 0 Å². The number of aryl methyl sites for hydroxylation is 2. The summed E-state index contributed by atoms with van der Waals surface area (Å²) in [6.45, 7) is 3.58. The highest BCUT2D eigenvalue weighted by atomic mass is 35.5. The number of anilines is 2. The maximum absolute atomic E-state index is 13.3. The number of methoxy groups -OCH3 is 1. The van der Waals surface area contributed by atoms with Crippen LogP contribution in [0.4, 0.5) is 10.8 Å². The van der Waals surface area contributed by atoms with E-state index >= 15 is 0 Å². The number of benzene rings is 1. The second kappa shape index (κ2) is 11.1. The minimum atomic E-state index is -4.00. The first-order chi connectivity index (χ1) is 17.2. The van der Waals surface area contributed by atoms with Crippen molar-refractivity contribution in [2.45, 2.75) is 57.3 Å². The summed E-state index contributed by atoms with van der Waals surface area (Å²) in [5.41, 5.74) is 2.30. The van der Waals surface area contributed by atoms with Gasteiger partial charge in [0.15, 0.2) is 5.13 Å². The van der Waals surface area contributed by atoms with E-state index in [1.165, 1.54) is 43.9 Å². The quantitative estimate of drug-likeness (QED) is 0.324. The monoisotopic (exact) mass is 548 g/mol. The van der Waals surface area contributed by atoms with Gasteiger partial charge in [0.25, 0.3) is 10.0 Å². The molecule has 8 nitrogen and oxygen atoms in total. The topological polar surface area (TPSA) is 110 Å². The second-order valence-electron chi connectivity index (χ2n) is 8.99. The van der Waals surface area contributed by atoms with Crippen LogP contribution in [0.15, 0.2) is 35.4 Å². The number of nitrogens with zero attached hydrogens (tertiary/aromatic N) is 2. The summed E-state index contributed by atoms with van der Waals surface area (Å²) < 4.78 is 34.4. The van der Waals surface area contributed by atoms with Gasteiger partial charge in [-0.1, -0.05) is 42.2 Å². The summed E-state index contributed by atoms with van der Waals surface area (Å²) in [5.74, 6) is 0.602. The van der Waals surface area contributed by atoms with Crippen LogP contribution in [-0.4, -0.2) is 31.4 Å². The predicted molar refractivity (Wildman–Crippen MR) is 143 cm³/mol. The lowest BCUT2D eigenvalue weighted by Gasteiger charge is -2.20. The Kier molecular flexibility index (Phi) is 8.17. The lowest BCUT2D eigenvalue weighted by atomic mass is 9.87. The van der Waals surface area contributed by atoms with E-state index < -0.39 is 10.0 Å². The van der Waals surface area contributed by atoms with E-state index in [2.05, 4.69) is 20.0 Å². The van der Waals surface area contributed by atoms with Crippen LogP contribution in [0.1, 0.15) is 49.8 Å². The van der Waals surface area contributed by atoms with Crippen molar-refractivity contribution in [2.75, 3.05) is 17.1 Å². The molecule has 1 aliphatic rings. The number of ether oxygens (including phenoxy) is 1. The molecule has 0 spiro atoms. The molecule has 0 atom stereocenters. The van der Waals surface area contributed by atoms with Crippen LogP contribution in [0, 0.1) is 19.8 Å². The molecule has 1 saturated carbocycles. The average molecular weight is 549 g/mol. The highest BCUT2D eigenvalue weighted by molar-refractivity contribution is 7.92. The molecular formula is C25H29ClN4O4S2. The number of amides is 1. The van der Waals surface area contributed by atoms with E-state index in [1.807, 2.05) is 6.92 Å². The summed E-state index contributed by atoms with van der Waals surface area (Å²) in [6.07, 6.45) is 7.67. The number of carbonyl (C=O) groups excluding carboxylic acids is 1. The van der Waals surface area contributed by atoms with Gasteiger partial charge in [-0.15, -0.1) is 0 Å². The van der Waals surface area contributed by atoms with Gasteiger partial charge in [0.2, 0.25) is 5.91 Å². The summed E-state index contributed by atoms with van der Waals surface area (Å²) in [7, 11) is -2.58. The van der Waals surface area contributed by atoms with Crippen LogP contribution in [0.3, 0.4) is 0 Å². The lowest BCUT2D eigenvalue weighted by Crippen LogP contribution is -2.18. The van der Waals surface area contributed by atoms with Gasteiger partial charge in [0.1, 0.15) is 15.8 Å². The van der Waals surface area contributed by atoms with E-state index in [0.29, 0.717) is 45.1 Å². The maximum atomic E-state index is 13.3. The standard InChI is InChI=1S/C25H29ClN4O4S2/c1-15-11-19(14-27-24(15)26)30-36(32,33)21-13-18(9-10-20(21)34-3)23-16(2)28-25(35-23)29-22(31)12-17-7-5-4-6-8-17/h9-11,13-14,17,30H,4-8,12H2,1-3H3,(H,28,29,31). The van der Waals surface area contributed by atoms with E-state index in [4.69, 9.17) is 16.3 Å². The molecule has 0 unspecified atom stereocenters. The van der Waals surface area contributed by atoms with Gasteiger partial charge in [-0.25, -0.2) is 18.4 Å². The predicted octanol–water partition coefficient (Wildman–Crippen LogP) is 6.19. The molecule has 0 aliphatic heterocycles. The number of pyridine rings is 1. The van der Waals surface area contributed by atoms with E-state index in [0.717, 1.165) is 17.7 Å². The van der Waals surface area contributed by atoms with Crippen molar-refractivity contribution in [3.63, 3.8) is 0 Å². The first kappa shape index (κ1) is 26.4. The van der Waals surface area contributed by atoms with Crippen molar-refractivity contribution in [2.24, 2.45) is 5.92 Å². The zero-order chi connectivity index (χ0) is 25.9. The van der Waals surface area contributed by atoms with Crippen LogP contribution in [-0.2, 0) is 14.8 Å². The minimum absolute atomic E-state index is 0.0224. The largest absolute Gasteiger partial charge is 0.495 e. The average Bonchev–Trinajstić information content (AvgIpc) is 3.21. The van der Waals surface area contributed by atoms with Gasteiger partial charge >= 0.3 is 0 Å². The van der Waals surface area contributed by atoms with Crippen molar-refractivity contribution in [3.05, 3.63) is 46.9 Å². The van der Waals surface area contributed by atoms with Gasteiger partial charge in [0.05, 0.1) is 29.6 Å². The van der Waals surface area contributed by atoms with Crippen molar-refractivity contribution in [1.82, 2.24) is 9.97 Å². The molecule has 1 amide bonds. The Bertz CT molecular complexity index is 1370. The molecule has 11 heteroatoms. The number of carbonyl (C=O) groups is 1. The molecule has 4 rings (SSSR count). The third-order valence-electron chi connectivity index (χ3n) is 6.22.